The van der Waals surface area contributed by atoms with Crippen molar-refractivity contribution in [2.24, 2.45) is 0 Å². The Kier molecular flexibility index (Phi) is 7.23. The van der Waals surface area contributed by atoms with Gasteiger partial charge in [0.1, 0.15) is 5.75 Å². The normalized spacial score (nSPS) is 10.5. The summed E-state index contributed by atoms with van der Waals surface area (Å²) in [6, 6.07) is 19.9. The zero-order valence-corrected chi connectivity index (χ0v) is 17.8. The molecule has 0 radical (unpaired) electrons. The van der Waals surface area contributed by atoms with E-state index in [0.29, 0.717) is 28.6 Å². The van der Waals surface area contributed by atoms with Crippen LogP contribution in [0.4, 0.5) is 11.4 Å². The van der Waals surface area contributed by atoms with Gasteiger partial charge >= 0.3 is 5.97 Å². The van der Waals surface area contributed by atoms with Crippen LogP contribution in [0.2, 0.25) is 0 Å². The zero-order chi connectivity index (χ0) is 23.1. The standard InChI is InChI=1S/C25H24N2O5/c1-16(2)17-8-12-22(13-9-17)32-15-23(28)26-21-5-3-4-19(14-21)24(29)27-20-10-6-18(7-11-20)25(30)31/h3-14,16H,15H2,1-2H3,(H,26,28)(H,27,29)(H,30,31). The second kappa shape index (κ2) is 10.3. The summed E-state index contributed by atoms with van der Waals surface area (Å²) in [5.74, 6) is -0.749. The molecule has 0 aromatic heterocycles. The van der Waals surface area contributed by atoms with Gasteiger partial charge in [0.15, 0.2) is 6.61 Å². The van der Waals surface area contributed by atoms with E-state index in [4.69, 9.17) is 9.84 Å². The van der Waals surface area contributed by atoms with Crippen molar-refractivity contribution in [1.29, 1.82) is 0 Å². The molecule has 0 bridgehead atoms. The maximum absolute atomic E-state index is 12.5. The van der Waals surface area contributed by atoms with E-state index in [-0.39, 0.29) is 24.0 Å². The maximum Gasteiger partial charge on any atom is 0.335 e. The molecule has 7 heteroatoms. The lowest BCUT2D eigenvalue weighted by Gasteiger charge is -2.10. The molecule has 3 N–H and O–H groups in total. The Hall–Kier alpha value is -4.13. The predicted octanol–water partition coefficient (Wildman–Crippen LogP) is 4.78. The van der Waals surface area contributed by atoms with Gasteiger partial charge in [0.05, 0.1) is 5.56 Å². The van der Waals surface area contributed by atoms with Crippen molar-refractivity contribution >= 4 is 29.2 Å². The largest absolute Gasteiger partial charge is 0.484 e. The van der Waals surface area contributed by atoms with E-state index in [9.17, 15) is 14.4 Å². The summed E-state index contributed by atoms with van der Waals surface area (Å²) < 4.78 is 5.52. The molecule has 0 unspecified atom stereocenters. The number of aromatic carboxylic acids is 1. The fraction of sp³-hybridized carbons (Fsp3) is 0.160. The summed E-state index contributed by atoms with van der Waals surface area (Å²) in [7, 11) is 0. The van der Waals surface area contributed by atoms with Crippen molar-refractivity contribution in [2.45, 2.75) is 19.8 Å². The van der Waals surface area contributed by atoms with Crippen LogP contribution >= 0.6 is 0 Å². The van der Waals surface area contributed by atoms with Gasteiger partial charge in [0.2, 0.25) is 0 Å². The molecule has 0 atom stereocenters. The number of anilines is 2. The third kappa shape index (κ3) is 6.18. The van der Waals surface area contributed by atoms with Crippen LogP contribution in [0, 0.1) is 0 Å². The molecule has 0 aliphatic rings. The van der Waals surface area contributed by atoms with Gasteiger partial charge in [-0.05, 0) is 66.1 Å². The van der Waals surface area contributed by atoms with Crippen LogP contribution in [-0.2, 0) is 4.79 Å². The highest BCUT2D eigenvalue weighted by Crippen LogP contribution is 2.19. The molecule has 3 rings (SSSR count). The third-order valence-corrected chi connectivity index (χ3v) is 4.71. The molecule has 0 fully saturated rings. The number of nitrogens with one attached hydrogen (secondary N) is 2. The van der Waals surface area contributed by atoms with Crippen LogP contribution in [-0.4, -0.2) is 29.5 Å². The average molecular weight is 432 g/mol. The minimum atomic E-state index is -1.04. The van der Waals surface area contributed by atoms with Crippen molar-refractivity contribution < 1.29 is 24.2 Å². The van der Waals surface area contributed by atoms with Gasteiger partial charge in [0, 0.05) is 16.9 Å². The van der Waals surface area contributed by atoms with Gasteiger partial charge in [-0.15, -0.1) is 0 Å². The molecule has 0 aliphatic carbocycles. The first-order valence-electron chi connectivity index (χ1n) is 10.1. The second-order valence-corrected chi connectivity index (χ2v) is 7.48. The number of amides is 2. The minimum absolute atomic E-state index is 0.130. The number of carboxylic acids is 1. The summed E-state index contributed by atoms with van der Waals surface area (Å²) in [5, 5.41) is 14.3. The minimum Gasteiger partial charge on any atom is -0.484 e. The summed E-state index contributed by atoms with van der Waals surface area (Å²) in [6.07, 6.45) is 0. The van der Waals surface area contributed by atoms with E-state index in [2.05, 4.69) is 24.5 Å². The van der Waals surface area contributed by atoms with E-state index in [0.717, 1.165) is 0 Å². The van der Waals surface area contributed by atoms with Crippen LogP contribution in [0.1, 0.15) is 46.0 Å². The molecule has 0 spiro atoms. The van der Waals surface area contributed by atoms with Gasteiger partial charge < -0.3 is 20.5 Å². The fourth-order valence-electron chi connectivity index (χ4n) is 2.93. The smallest absolute Gasteiger partial charge is 0.335 e. The number of hydrogen-bond acceptors (Lipinski definition) is 4. The molecule has 0 heterocycles. The van der Waals surface area contributed by atoms with Gasteiger partial charge in [-0.1, -0.05) is 32.0 Å². The highest BCUT2D eigenvalue weighted by Gasteiger charge is 2.10. The average Bonchev–Trinajstić information content (AvgIpc) is 2.78. The van der Waals surface area contributed by atoms with Crippen molar-refractivity contribution in [2.75, 3.05) is 17.2 Å². The lowest BCUT2D eigenvalue weighted by atomic mass is 10.0. The Balaban J connectivity index is 1.55. The third-order valence-electron chi connectivity index (χ3n) is 4.71. The maximum atomic E-state index is 12.5. The number of ether oxygens (including phenoxy) is 1. The van der Waals surface area contributed by atoms with Gasteiger partial charge in [-0.3, -0.25) is 9.59 Å². The van der Waals surface area contributed by atoms with Crippen molar-refractivity contribution in [3.05, 3.63) is 89.5 Å². The molecular formula is C25H24N2O5. The topological polar surface area (TPSA) is 105 Å². The highest BCUT2D eigenvalue weighted by molar-refractivity contribution is 6.05. The lowest BCUT2D eigenvalue weighted by molar-refractivity contribution is -0.118. The number of carbonyl (C=O) groups excluding carboxylic acids is 2. The summed E-state index contributed by atoms with van der Waals surface area (Å²) in [4.78, 5) is 35.6. The molecule has 2 amide bonds. The van der Waals surface area contributed by atoms with Gasteiger partial charge in [0.25, 0.3) is 11.8 Å². The Morgan fingerprint density at radius 1 is 0.844 bits per heavy atom. The van der Waals surface area contributed by atoms with Crippen molar-refractivity contribution in [1.82, 2.24) is 0 Å². The van der Waals surface area contributed by atoms with Crippen molar-refractivity contribution in [3.8, 4) is 5.75 Å². The van der Waals surface area contributed by atoms with E-state index < -0.39 is 5.97 Å². The SMILES string of the molecule is CC(C)c1ccc(OCC(=O)Nc2cccc(C(=O)Nc3ccc(C(=O)O)cc3)c2)cc1. The molecule has 3 aromatic carbocycles. The number of carboxylic acid groups (broad SMARTS) is 1. The molecule has 0 aliphatic heterocycles. The molecular weight excluding hydrogens is 408 g/mol. The fourth-order valence-corrected chi connectivity index (χ4v) is 2.93. The Labute approximate surface area is 186 Å². The number of hydrogen-bond donors (Lipinski definition) is 3. The van der Waals surface area contributed by atoms with E-state index in [1.54, 1.807) is 24.3 Å². The summed E-state index contributed by atoms with van der Waals surface area (Å²) in [6.45, 7) is 4.05. The second-order valence-electron chi connectivity index (χ2n) is 7.48. The zero-order valence-electron chi connectivity index (χ0n) is 17.8. The Bertz CT molecular complexity index is 1110. The first-order chi connectivity index (χ1) is 15.3. The van der Waals surface area contributed by atoms with Gasteiger partial charge in [-0.25, -0.2) is 4.79 Å². The molecule has 0 saturated carbocycles. The van der Waals surface area contributed by atoms with Gasteiger partial charge in [-0.2, -0.15) is 0 Å². The van der Waals surface area contributed by atoms with E-state index >= 15 is 0 Å². The lowest BCUT2D eigenvalue weighted by Crippen LogP contribution is -2.20. The Morgan fingerprint density at radius 3 is 2.16 bits per heavy atom. The number of benzene rings is 3. The monoisotopic (exact) mass is 432 g/mol. The predicted molar refractivity (Wildman–Crippen MR) is 122 cm³/mol. The Morgan fingerprint density at radius 2 is 1.53 bits per heavy atom. The van der Waals surface area contributed by atoms with Crippen LogP contribution < -0.4 is 15.4 Å². The van der Waals surface area contributed by atoms with Crippen LogP contribution in [0.25, 0.3) is 0 Å². The van der Waals surface area contributed by atoms with Crippen LogP contribution in [0.3, 0.4) is 0 Å². The molecule has 3 aromatic rings. The molecule has 0 saturated heterocycles. The summed E-state index contributed by atoms with van der Waals surface area (Å²) in [5.41, 5.74) is 2.59. The quantitative estimate of drug-likeness (QED) is 0.475. The number of carbonyl (C=O) groups is 3. The molecule has 32 heavy (non-hydrogen) atoms. The first kappa shape index (κ1) is 22.6. The van der Waals surface area contributed by atoms with E-state index in [1.165, 1.54) is 29.8 Å². The molecule has 164 valence electrons. The van der Waals surface area contributed by atoms with Crippen molar-refractivity contribution in [3.63, 3.8) is 0 Å². The van der Waals surface area contributed by atoms with E-state index in [1.807, 2.05) is 24.3 Å². The molecule has 7 nitrogen and oxygen atoms in total. The van der Waals surface area contributed by atoms with Crippen LogP contribution in [0.15, 0.2) is 72.8 Å². The highest BCUT2D eigenvalue weighted by atomic mass is 16.5. The van der Waals surface area contributed by atoms with Crippen LogP contribution in [0.5, 0.6) is 5.75 Å². The number of rotatable bonds is 8. The first-order valence-corrected chi connectivity index (χ1v) is 10.1. The summed E-state index contributed by atoms with van der Waals surface area (Å²) >= 11 is 0.